The molecule has 0 unspecified atom stereocenters. The molecule has 1 aliphatic rings. The van der Waals surface area contributed by atoms with E-state index < -0.39 is 5.97 Å². The van der Waals surface area contributed by atoms with E-state index in [1.807, 2.05) is 0 Å². The molecule has 1 saturated carbocycles. The molecule has 0 spiro atoms. The zero-order valence-electron chi connectivity index (χ0n) is 13.1. The van der Waals surface area contributed by atoms with Crippen molar-refractivity contribution in [3.8, 4) is 0 Å². The molecule has 1 amide bonds. The van der Waals surface area contributed by atoms with Crippen molar-refractivity contribution in [3.05, 3.63) is 0 Å². The third-order valence-electron chi connectivity index (χ3n) is 4.90. The standard InChI is InChI=1S/C16H29NO3/c1-4-16(2,3)12-8-10-13(11-9-12)17-14(18)6-5-7-15(19)20/h12-13H,4-11H2,1-3H3,(H,17,18)(H,19,20). The fraction of sp³-hybridized carbons (Fsp3) is 0.875. The highest BCUT2D eigenvalue weighted by atomic mass is 16.4. The lowest BCUT2D eigenvalue weighted by atomic mass is 9.69. The van der Waals surface area contributed by atoms with Crippen LogP contribution in [0.25, 0.3) is 0 Å². The second-order valence-corrected chi connectivity index (χ2v) is 6.71. The number of carbonyl (C=O) groups is 2. The van der Waals surface area contributed by atoms with Gasteiger partial charge in [0.15, 0.2) is 0 Å². The Labute approximate surface area is 122 Å². The Kier molecular flexibility index (Phi) is 6.50. The first-order chi connectivity index (χ1) is 9.35. The van der Waals surface area contributed by atoms with Crippen molar-refractivity contribution in [2.45, 2.75) is 78.2 Å². The van der Waals surface area contributed by atoms with Gasteiger partial charge >= 0.3 is 5.97 Å². The number of carboxylic acids is 1. The van der Waals surface area contributed by atoms with Crippen LogP contribution in [-0.2, 0) is 9.59 Å². The molecule has 0 bridgehead atoms. The molecule has 0 aliphatic heterocycles. The van der Waals surface area contributed by atoms with Crippen molar-refractivity contribution in [2.24, 2.45) is 11.3 Å². The van der Waals surface area contributed by atoms with Gasteiger partial charge in [0, 0.05) is 18.9 Å². The van der Waals surface area contributed by atoms with Crippen molar-refractivity contribution in [1.82, 2.24) is 5.32 Å². The smallest absolute Gasteiger partial charge is 0.303 e. The number of amides is 1. The van der Waals surface area contributed by atoms with E-state index >= 15 is 0 Å². The second-order valence-electron chi connectivity index (χ2n) is 6.71. The monoisotopic (exact) mass is 283 g/mol. The fourth-order valence-electron chi connectivity index (χ4n) is 3.01. The Bertz CT molecular complexity index is 331. The molecule has 0 heterocycles. The van der Waals surface area contributed by atoms with Crippen LogP contribution in [0, 0.1) is 11.3 Å². The lowest BCUT2D eigenvalue weighted by molar-refractivity contribution is -0.137. The van der Waals surface area contributed by atoms with Gasteiger partial charge in [0.2, 0.25) is 5.91 Å². The van der Waals surface area contributed by atoms with E-state index in [0.29, 0.717) is 18.3 Å². The van der Waals surface area contributed by atoms with Gasteiger partial charge in [-0.1, -0.05) is 27.2 Å². The minimum Gasteiger partial charge on any atom is -0.481 e. The zero-order chi connectivity index (χ0) is 15.2. The Hall–Kier alpha value is -1.06. The lowest BCUT2D eigenvalue weighted by Gasteiger charge is -2.39. The quantitative estimate of drug-likeness (QED) is 0.753. The molecule has 2 N–H and O–H groups in total. The molecule has 4 heteroatoms. The molecule has 0 aromatic carbocycles. The van der Waals surface area contributed by atoms with Gasteiger partial charge < -0.3 is 10.4 Å². The van der Waals surface area contributed by atoms with Crippen LogP contribution in [0.3, 0.4) is 0 Å². The Morgan fingerprint density at radius 3 is 2.25 bits per heavy atom. The first-order valence-electron chi connectivity index (χ1n) is 7.86. The maximum absolute atomic E-state index is 11.7. The first kappa shape index (κ1) is 17.0. The minimum absolute atomic E-state index is 0.00412. The van der Waals surface area contributed by atoms with E-state index in [4.69, 9.17) is 5.11 Å². The normalized spacial score (nSPS) is 23.4. The van der Waals surface area contributed by atoms with Gasteiger partial charge in [-0.15, -0.1) is 0 Å². The van der Waals surface area contributed by atoms with Crippen LogP contribution >= 0.6 is 0 Å². The SMILES string of the molecule is CCC(C)(C)C1CCC(NC(=O)CCCC(=O)O)CC1. The molecule has 1 fully saturated rings. The summed E-state index contributed by atoms with van der Waals surface area (Å²) in [6.45, 7) is 6.92. The summed E-state index contributed by atoms with van der Waals surface area (Å²) in [6, 6.07) is 0.288. The molecule has 1 rings (SSSR count). The van der Waals surface area contributed by atoms with E-state index in [1.54, 1.807) is 0 Å². The van der Waals surface area contributed by atoms with Crippen molar-refractivity contribution in [1.29, 1.82) is 0 Å². The minimum atomic E-state index is -0.833. The van der Waals surface area contributed by atoms with Gasteiger partial charge in [0.25, 0.3) is 0 Å². The molecule has 0 saturated heterocycles. The van der Waals surface area contributed by atoms with E-state index in [-0.39, 0.29) is 18.4 Å². The Morgan fingerprint density at radius 1 is 1.15 bits per heavy atom. The van der Waals surface area contributed by atoms with E-state index in [0.717, 1.165) is 18.8 Å². The summed E-state index contributed by atoms with van der Waals surface area (Å²) in [7, 11) is 0. The molecule has 1 aliphatic carbocycles. The third-order valence-corrected chi connectivity index (χ3v) is 4.90. The van der Waals surface area contributed by atoms with E-state index in [1.165, 1.54) is 19.3 Å². The molecular weight excluding hydrogens is 254 g/mol. The Balaban J connectivity index is 2.25. The van der Waals surface area contributed by atoms with Gasteiger partial charge in [-0.3, -0.25) is 9.59 Å². The van der Waals surface area contributed by atoms with Crippen LogP contribution in [0.4, 0.5) is 0 Å². The highest BCUT2D eigenvalue weighted by Crippen LogP contribution is 2.40. The van der Waals surface area contributed by atoms with E-state index in [2.05, 4.69) is 26.1 Å². The van der Waals surface area contributed by atoms with Crippen LogP contribution in [0.1, 0.15) is 72.1 Å². The summed E-state index contributed by atoms with van der Waals surface area (Å²) >= 11 is 0. The van der Waals surface area contributed by atoms with Gasteiger partial charge in [0.05, 0.1) is 0 Å². The number of nitrogens with one attached hydrogen (secondary N) is 1. The fourth-order valence-corrected chi connectivity index (χ4v) is 3.01. The van der Waals surface area contributed by atoms with Crippen molar-refractivity contribution in [3.63, 3.8) is 0 Å². The molecule has 0 aromatic heterocycles. The van der Waals surface area contributed by atoms with Crippen molar-refractivity contribution >= 4 is 11.9 Å². The number of aliphatic carboxylic acids is 1. The number of carbonyl (C=O) groups excluding carboxylic acids is 1. The maximum Gasteiger partial charge on any atom is 0.303 e. The summed E-state index contributed by atoms with van der Waals surface area (Å²) in [5.74, 6) is -0.0720. The molecule has 20 heavy (non-hydrogen) atoms. The predicted molar refractivity (Wildman–Crippen MR) is 79.4 cm³/mol. The summed E-state index contributed by atoms with van der Waals surface area (Å²) in [5, 5.41) is 11.6. The number of carboxylic acid groups (broad SMARTS) is 1. The number of hydrogen-bond donors (Lipinski definition) is 2. The maximum atomic E-state index is 11.7. The molecule has 0 atom stereocenters. The molecular formula is C16H29NO3. The lowest BCUT2D eigenvalue weighted by Crippen LogP contribution is -2.39. The van der Waals surface area contributed by atoms with Gasteiger partial charge in [-0.25, -0.2) is 0 Å². The topological polar surface area (TPSA) is 66.4 Å². The van der Waals surface area contributed by atoms with Crippen LogP contribution in [0.15, 0.2) is 0 Å². The third kappa shape index (κ3) is 5.51. The Morgan fingerprint density at radius 2 is 1.75 bits per heavy atom. The van der Waals surface area contributed by atoms with E-state index in [9.17, 15) is 9.59 Å². The summed E-state index contributed by atoms with van der Waals surface area (Å²) in [5.41, 5.74) is 0.399. The molecule has 116 valence electrons. The van der Waals surface area contributed by atoms with Gasteiger partial charge in [-0.2, -0.15) is 0 Å². The second kappa shape index (κ2) is 7.65. The summed E-state index contributed by atoms with van der Waals surface area (Å²) in [6.07, 6.45) is 6.50. The highest BCUT2D eigenvalue weighted by Gasteiger charge is 2.32. The van der Waals surface area contributed by atoms with Crippen molar-refractivity contribution < 1.29 is 14.7 Å². The average molecular weight is 283 g/mol. The van der Waals surface area contributed by atoms with Gasteiger partial charge in [-0.05, 0) is 43.4 Å². The zero-order valence-corrected chi connectivity index (χ0v) is 13.1. The average Bonchev–Trinajstić information content (AvgIpc) is 2.39. The van der Waals surface area contributed by atoms with Crippen molar-refractivity contribution in [2.75, 3.05) is 0 Å². The van der Waals surface area contributed by atoms with Crippen LogP contribution in [-0.4, -0.2) is 23.0 Å². The van der Waals surface area contributed by atoms with Crippen LogP contribution in [0.2, 0.25) is 0 Å². The number of hydrogen-bond acceptors (Lipinski definition) is 2. The highest BCUT2D eigenvalue weighted by molar-refractivity contribution is 5.77. The summed E-state index contributed by atoms with van der Waals surface area (Å²) < 4.78 is 0. The predicted octanol–water partition coefficient (Wildman–Crippen LogP) is 3.35. The molecule has 0 aromatic rings. The molecule has 0 radical (unpaired) electrons. The largest absolute Gasteiger partial charge is 0.481 e. The van der Waals surface area contributed by atoms with Crippen LogP contribution in [0.5, 0.6) is 0 Å². The summed E-state index contributed by atoms with van der Waals surface area (Å²) in [4.78, 5) is 22.1. The number of rotatable bonds is 7. The van der Waals surface area contributed by atoms with Gasteiger partial charge in [0.1, 0.15) is 0 Å². The first-order valence-corrected chi connectivity index (χ1v) is 7.86. The van der Waals surface area contributed by atoms with Crippen LogP contribution < -0.4 is 5.32 Å². The molecule has 4 nitrogen and oxygen atoms in total.